The number of aryl methyl sites for hydroxylation is 1. The Kier molecular flexibility index (Phi) is 1.89. The molecule has 0 aliphatic heterocycles. The first-order valence-corrected chi connectivity index (χ1v) is 2.95. The lowest BCUT2D eigenvalue weighted by atomic mass is 10.3. The summed E-state index contributed by atoms with van der Waals surface area (Å²) in [7, 11) is 1.17. The van der Waals surface area contributed by atoms with Gasteiger partial charge in [0.05, 0.1) is 12.8 Å². The number of aromatic amines is 1. The Balaban J connectivity index is 3.04. The zero-order valence-corrected chi connectivity index (χ0v) is 6.14. The van der Waals surface area contributed by atoms with Crippen LogP contribution in [0.1, 0.15) is 16.2 Å². The Morgan fingerprint density at radius 3 is 2.73 bits per heavy atom. The molecule has 0 fully saturated rings. The molecule has 0 aliphatic rings. The number of aromatic nitrogens is 2. The second-order valence-corrected chi connectivity index (χ2v) is 2.00. The van der Waals surface area contributed by atoms with Crippen LogP contribution in [0.25, 0.3) is 0 Å². The lowest BCUT2D eigenvalue weighted by molar-refractivity contribution is 0.0588. The van der Waals surface area contributed by atoms with Gasteiger partial charge in [0.2, 0.25) is 5.69 Å². The molecule has 1 N–H and O–H groups in total. The van der Waals surface area contributed by atoms with Gasteiger partial charge in [0, 0.05) is 0 Å². The van der Waals surface area contributed by atoms with Gasteiger partial charge in [0.25, 0.3) is 0 Å². The molecule has 4 nitrogen and oxygen atoms in total. The number of halogens is 1. The van der Waals surface area contributed by atoms with Crippen LogP contribution in [0.2, 0.25) is 0 Å². The van der Waals surface area contributed by atoms with Crippen molar-refractivity contribution in [3.63, 3.8) is 0 Å². The second kappa shape index (κ2) is 2.69. The van der Waals surface area contributed by atoms with E-state index in [-0.39, 0.29) is 11.4 Å². The maximum atomic E-state index is 12.8. The zero-order valence-electron chi connectivity index (χ0n) is 6.14. The molecule has 0 saturated carbocycles. The number of hydrogen-bond donors (Lipinski definition) is 1. The van der Waals surface area contributed by atoms with Crippen molar-refractivity contribution in [2.24, 2.45) is 0 Å². The number of hydrogen-bond acceptors (Lipinski definition) is 3. The normalized spacial score (nSPS) is 9.73. The van der Waals surface area contributed by atoms with Gasteiger partial charge in [0.15, 0.2) is 5.82 Å². The molecule has 0 saturated heterocycles. The summed E-state index contributed by atoms with van der Waals surface area (Å²) in [4.78, 5) is 10.7. The Morgan fingerprint density at radius 1 is 1.73 bits per heavy atom. The fourth-order valence-electron chi connectivity index (χ4n) is 0.647. The minimum Gasteiger partial charge on any atom is -0.464 e. The van der Waals surface area contributed by atoms with E-state index in [1.807, 2.05) is 0 Å². The van der Waals surface area contributed by atoms with E-state index in [0.717, 1.165) is 0 Å². The van der Waals surface area contributed by atoms with E-state index in [4.69, 9.17) is 0 Å². The lowest BCUT2D eigenvalue weighted by Gasteiger charge is -1.91. The van der Waals surface area contributed by atoms with Gasteiger partial charge in [-0.15, -0.1) is 0 Å². The summed E-state index contributed by atoms with van der Waals surface area (Å²) >= 11 is 0. The minimum atomic E-state index is -0.771. The van der Waals surface area contributed by atoms with Crippen molar-refractivity contribution in [1.29, 1.82) is 0 Å². The van der Waals surface area contributed by atoms with Crippen molar-refractivity contribution in [2.75, 3.05) is 7.11 Å². The van der Waals surface area contributed by atoms with Crippen LogP contribution in [0.4, 0.5) is 4.39 Å². The van der Waals surface area contributed by atoms with E-state index in [1.165, 1.54) is 14.0 Å². The van der Waals surface area contributed by atoms with E-state index in [1.54, 1.807) is 0 Å². The standard InChI is InChI=1S/C6H7FN2O2/c1-3-4(7)5(9-8-3)6(10)11-2/h1-2H3,(H,8,9). The highest BCUT2D eigenvalue weighted by Crippen LogP contribution is 2.07. The molecule has 0 atom stereocenters. The highest BCUT2D eigenvalue weighted by atomic mass is 19.1. The topological polar surface area (TPSA) is 55.0 Å². The number of rotatable bonds is 1. The molecule has 1 aromatic rings. The summed E-state index contributed by atoms with van der Waals surface area (Å²) in [6.45, 7) is 1.48. The van der Waals surface area contributed by atoms with Crippen LogP contribution in [0, 0.1) is 12.7 Å². The van der Waals surface area contributed by atoms with Crippen molar-refractivity contribution >= 4 is 5.97 Å². The van der Waals surface area contributed by atoms with Crippen molar-refractivity contribution < 1.29 is 13.9 Å². The Bertz CT molecular complexity index is 282. The highest BCUT2D eigenvalue weighted by molar-refractivity contribution is 5.87. The van der Waals surface area contributed by atoms with Crippen molar-refractivity contribution in [3.8, 4) is 0 Å². The van der Waals surface area contributed by atoms with Gasteiger partial charge in [-0.05, 0) is 6.92 Å². The Morgan fingerprint density at radius 2 is 2.36 bits per heavy atom. The molecule has 0 aliphatic carbocycles. The SMILES string of the molecule is COC(=O)c1n[nH]c(C)c1F. The third-order valence-electron chi connectivity index (χ3n) is 1.25. The summed E-state index contributed by atoms with van der Waals surface area (Å²) in [5, 5.41) is 5.74. The molecule has 60 valence electrons. The molecule has 0 radical (unpaired) electrons. The summed E-state index contributed by atoms with van der Waals surface area (Å²) < 4.78 is 17.1. The number of nitrogens with zero attached hydrogens (tertiary/aromatic N) is 1. The third-order valence-corrected chi connectivity index (χ3v) is 1.25. The molecule has 5 heteroatoms. The number of carbonyl (C=O) groups is 1. The molecule has 0 unspecified atom stereocenters. The number of carbonyl (C=O) groups excluding carboxylic acids is 1. The van der Waals surface area contributed by atoms with Gasteiger partial charge in [-0.25, -0.2) is 9.18 Å². The van der Waals surface area contributed by atoms with Gasteiger partial charge in [0.1, 0.15) is 0 Å². The van der Waals surface area contributed by atoms with Gasteiger partial charge >= 0.3 is 5.97 Å². The first-order chi connectivity index (χ1) is 5.16. The van der Waals surface area contributed by atoms with Crippen LogP contribution in [0.15, 0.2) is 0 Å². The maximum absolute atomic E-state index is 12.8. The number of nitrogens with one attached hydrogen (secondary N) is 1. The number of ether oxygens (including phenoxy) is 1. The molecule has 1 aromatic heterocycles. The maximum Gasteiger partial charge on any atom is 0.361 e. The van der Waals surface area contributed by atoms with Crippen molar-refractivity contribution in [3.05, 3.63) is 17.2 Å². The summed E-state index contributed by atoms with van der Waals surface area (Å²) in [5.41, 5.74) is -0.0737. The van der Waals surface area contributed by atoms with Crippen LogP contribution in [-0.4, -0.2) is 23.3 Å². The van der Waals surface area contributed by atoms with Gasteiger partial charge in [-0.3, -0.25) is 5.10 Å². The molecule has 1 rings (SSSR count). The number of esters is 1. The number of methoxy groups -OCH3 is 1. The van der Waals surface area contributed by atoms with Crippen LogP contribution >= 0.6 is 0 Å². The van der Waals surface area contributed by atoms with Crippen LogP contribution in [-0.2, 0) is 4.74 Å². The van der Waals surface area contributed by atoms with Crippen LogP contribution in [0.5, 0.6) is 0 Å². The van der Waals surface area contributed by atoms with E-state index < -0.39 is 11.8 Å². The molecular formula is C6H7FN2O2. The summed E-state index contributed by atoms with van der Waals surface area (Å²) in [6.07, 6.45) is 0. The zero-order chi connectivity index (χ0) is 8.43. The van der Waals surface area contributed by atoms with Crippen LogP contribution < -0.4 is 0 Å². The molecule has 11 heavy (non-hydrogen) atoms. The molecule has 0 bridgehead atoms. The van der Waals surface area contributed by atoms with E-state index in [2.05, 4.69) is 14.9 Å². The smallest absolute Gasteiger partial charge is 0.361 e. The largest absolute Gasteiger partial charge is 0.464 e. The summed E-state index contributed by atoms with van der Waals surface area (Å²) in [6, 6.07) is 0. The third kappa shape index (κ3) is 1.21. The average molecular weight is 158 g/mol. The predicted molar refractivity (Wildman–Crippen MR) is 34.6 cm³/mol. The molecule has 0 spiro atoms. The van der Waals surface area contributed by atoms with Crippen LogP contribution in [0.3, 0.4) is 0 Å². The van der Waals surface area contributed by atoms with Gasteiger partial charge < -0.3 is 4.74 Å². The van der Waals surface area contributed by atoms with E-state index in [0.29, 0.717) is 0 Å². The lowest BCUT2D eigenvalue weighted by Crippen LogP contribution is -2.03. The predicted octanol–water partition coefficient (Wildman–Crippen LogP) is 0.644. The van der Waals surface area contributed by atoms with Crippen molar-refractivity contribution in [2.45, 2.75) is 6.92 Å². The van der Waals surface area contributed by atoms with Crippen molar-refractivity contribution in [1.82, 2.24) is 10.2 Å². The average Bonchev–Trinajstić information content (AvgIpc) is 2.32. The first kappa shape index (κ1) is 7.71. The fraction of sp³-hybridized carbons (Fsp3) is 0.333. The minimum absolute atomic E-state index is 0.227. The van der Waals surface area contributed by atoms with E-state index in [9.17, 15) is 9.18 Å². The molecular weight excluding hydrogens is 151 g/mol. The summed E-state index contributed by atoms with van der Waals surface area (Å²) in [5.74, 6) is -1.43. The monoisotopic (exact) mass is 158 g/mol. The molecule has 0 amide bonds. The second-order valence-electron chi connectivity index (χ2n) is 2.00. The van der Waals surface area contributed by atoms with Gasteiger partial charge in [-0.1, -0.05) is 0 Å². The molecule has 1 heterocycles. The number of H-pyrrole nitrogens is 1. The Labute approximate surface area is 62.4 Å². The quantitative estimate of drug-likeness (QED) is 0.610. The molecule has 0 aromatic carbocycles. The van der Waals surface area contributed by atoms with E-state index >= 15 is 0 Å². The Hall–Kier alpha value is -1.39. The first-order valence-electron chi connectivity index (χ1n) is 2.95. The fourth-order valence-corrected chi connectivity index (χ4v) is 0.647. The van der Waals surface area contributed by atoms with Gasteiger partial charge in [-0.2, -0.15) is 5.10 Å². The highest BCUT2D eigenvalue weighted by Gasteiger charge is 2.17.